The molecule has 0 amide bonds. The Hall–Kier alpha value is -1.94. The second-order valence-electron chi connectivity index (χ2n) is 30.1. The highest BCUT2D eigenvalue weighted by Gasteiger charge is 2.30. The summed E-state index contributed by atoms with van der Waals surface area (Å²) in [6.07, 6.45) is 68.5. The summed E-state index contributed by atoms with van der Waals surface area (Å²) in [5.74, 6) is -1.27. The van der Waals surface area contributed by atoms with E-state index in [9.17, 15) is 43.2 Å². The molecule has 0 aliphatic rings. The van der Waals surface area contributed by atoms with Crippen molar-refractivity contribution in [3.63, 3.8) is 0 Å². The molecule has 0 aromatic rings. The van der Waals surface area contributed by atoms with Gasteiger partial charge in [-0.2, -0.15) is 0 Å². The van der Waals surface area contributed by atoms with Gasteiger partial charge in [0.25, 0.3) is 0 Å². The zero-order chi connectivity index (χ0) is 74.8. The van der Waals surface area contributed by atoms with Gasteiger partial charge in [-0.1, -0.05) is 394 Å². The van der Waals surface area contributed by atoms with E-state index in [4.69, 9.17) is 37.0 Å². The Morgan fingerprint density at radius 2 is 0.471 bits per heavy atom. The molecule has 0 fully saturated rings. The Kier molecular flexibility index (Phi) is 74.4. The molecule has 0 saturated carbocycles. The Morgan fingerprint density at radius 1 is 0.275 bits per heavy atom. The van der Waals surface area contributed by atoms with Crippen LogP contribution in [0.5, 0.6) is 0 Å². The minimum atomic E-state index is -4.96. The van der Waals surface area contributed by atoms with Crippen molar-refractivity contribution in [3.05, 3.63) is 0 Å². The van der Waals surface area contributed by atoms with E-state index in [1.807, 2.05) is 0 Å². The van der Waals surface area contributed by atoms with E-state index in [2.05, 4.69) is 34.6 Å². The van der Waals surface area contributed by atoms with E-state index in [-0.39, 0.29) is 25.7 Å². The molecule has 606 valence electrons. The molecule has 0 spiro atoms. The lowest BCUT2D eigenvalue weighted by Gasteiger charge is -2.21. The van der Waals surface area contributed by atoms with Crippen LogP contribution in [0.2, 0.25) is 0 Å². The molecule has 0 saturated heterocycles. The smallest absolute Gasteiger partial charge is 0.462 e. The predicted molar refractivity (Wildman–Crippen MR) is 418 cm³/mol. The van der Waals surface area contributed by atoms with Crippen molar-refractivity contribution in [3.8, 4) is 0 Å². The lowest BCUT2D eigenvalue weighted by molar-refractivity contribution is -0.161. The van der Waals surface area contributed by atoms with Crippen molar-refractivity contribution in [1.29, 1.82) is 0 Å². The van der Waals surface area contributed by atoms with Gasteiger partial charge in [-0.3, -0.25) is 37.3 Å². The number of unbranched alkanes of at least 4 members (excludes halogenated alkanes) is 54. The summed E-state index contributed by atoms with van der Waals surface area (Å²) in [6.45, 7) is 7.31. The molecule has 19 heteroatoms. The Labute approximate surface area is 626 Å². The first-order chi connectivity index (χ1) is 49.6. The molecule has 0 radical (unpaired) electrons. The minimum Gasteiger partial charge on any atom is -0.462 e. The van der Waals surface area contributed by atoms with E-state index in [1.54, 1.807) is 0 Å². The van der Waals surface area contributed by atoms with Gasteiger partial charge in [0.15, 0.2) is 12.2 Å². The molecular weight excluding hydrogens is 1330 g/mol. The van der Waals surface area contributed by atoms with Gasteiger partial charge >= 0.3 is 39.5 Å². The molecule has 17 nitrogen and oxygen atoms in total. The normalized spacial score (nSPS) is 14.1. The third kappa shape index (κ3) is 74.9. The number of phosphoric ester groups is 2. The number of rotatable bonds is 83. The molecule has 6 atom stereocenters. The molecule has 0 aliphatic heterocycles. The summed E-state index contributed by atoms with van der Waals surface area (Å²) in [7, 11) is -9.91. The van der Waals surface area contributed by atoms with Crippen molar-refractivity contribution in [2.45, 2.75) is 464 Å². The van der Waals surface area contributed by atoms with E-state index in [0.29, 0.717) is 25.7 Å². The number of carbonyl (C=O) groups is 4. The monoisotopic (exact) mass is 1490 g/mol. The summed E-state index contributed by atoms with van der Waals surface area (Å²) in [5.41, 5.74) is 0. The summed E-state index contributed by atoms with van der Waals surface area (Å²) in [5, 5.41) is 10.6. The van der Waals surface area contributed by atoms with Crippen molar-refractivity contribution < 1.29 is 80.2 Å². The number of ether oxygens (including phenoxy) is 4. The maximum absolute atomic E-state index is 13.1. The minimum absolute atomic E-state index is 0.108. The van der Waals surface area contributed by atoms with Crippen LogP contribution in [0.1, 0.15) is 446 Å². The Balaban J connectivity index is 5.11. The average molecular weight is 1490 g/mol. The topological polar surface area (TPSA) is 237 Å². The Bertz CT molecular complexity index is 1950. The number of aliphatic hydroxyl groups excluding tert-OH is 1. The van der Waals surface area contributed by atoms with Crippen LogP contribution >= 0.6 is 15.6 Å². The van der Waals surface area contributed by atoms with Crippen molar-refractivity contribution >= 4 is 39.5 Å². The van der Waals surface area contributed by atoms with Crippen LogP contribution < -0.4 is 0 Å². The summed E-state index contributed by atoms with van der Waals surface area (Å²) in [4.78, 5) is 72.8. The number of hydrogen-bond donors (Lipinski definition) is 3. The van der Waals surface area contributed by atoms with Crippen molar-refractivity contribution in [2.75, 3.05) is 39.6 Å². The first-order valence-corrected chi connectivity index (χ1v) is 46.2. The molecule has 3 unspecified atom stereocenters. The molecule has 0 aromatic heterocycles. The fourth-order valence-electron chi connectivity index (χ4n) is 12.9. The largest absolute Gasteiger partial charge is 0.472 e. The number of aliphatic hydroxyl groups is 1. The van der Waals surface area contributed by atoms with Gasteiger partial charge in [-0.25, -0.2) is 9.13 Å². The molecule has 0 rings (SSSR count). The van der Waals surface area contributed by atoms with Gasteiger partial charge in [0.05, 0.1) is 26.4 Å². The molecule has 0 bridgehead atoms. The lowest BCUT2D eigenvalue weighted by atomic mass is 9.99. The maximum Gasteiger partial charge on any atom is 0.472 e. The van der Waals surface area contributed by atoms with E-state index in [1.165, 1.54) is 263 Å². The van der Waals surface area contributed by atoms with Gasteiger partial charge < -0.3 is 33.8 Å². The van der Waals surface area contributed by atoms with Crippen LogP contribution in [0.25, 0.3) is 0 Å². The number of esters is 4. The van der Waals surface area contributed by atoms with Crippen molar-refractivity contribution in [1.82, 2.24) is 0 Å². The third-order valence-electron chi connectivity index (χ3n) is 19.9. The van der Waals surface area contributed by atoms with Crippen molar-refractivity contribution in [2.24, 2.45) is 5.92 Å². The fraction of sp³-hybridized carbons (Fsp3) is 0.952. The van der Waals surface area contributed by atoms with Crippen LogP contribution in [0.15, 0.2) is 0 Å². The highest BCUT2D eigenvalue weighted by Crippen LogP contribution is 2.45. The highest BCUT2D eigenvalue weighted by atomic mass is 31.2. The van der Waals surface area contributed by atoms with E-state index < -0.39 is 97.5 Å². The molecule has 0 aliphatic carbocycles. The molecule has 3 N–H and O–H groups in total. The molecule has 0 heterocycles. The number of phosphoric acid groups is 2. The van der Waals surface area contributed by atoms with E-state index in [0.717, 1.165) is 102 Å². The van der Waals surface area contributed by atoms with Crippen LogP contribution in [0, 0.1) is 5.92 Å². The maximum atomic E-state index is 13.1. The van der Waals surface area contributed by atoms with Gasteiger partial charge in [-0.15, -0.1) is 0 Å². The number of carbonyl (C=O) groups excluding carboxylic acids is 4. The van der Waals surface area contributed by atoms with Crippen LogP contribution in [-0.2, 0) is 65.4 Å². The first-order valence-electron chi connectivity index (χ1n) is 43.2. The van der Waals surface area contributed by atoms with Gasteiger partial charge in [-0.05, 0) is 31.6 Å². The van der Waals surface area contributed by atoms with Crippen LogP contribution in [0.3, 0.4) is 0 Å². The second kappa shape index (κ2) is 75.9. The lowest BCUT2D eigenvalue weighted by Crippen LogP contribution is -2.30. The van der Waals surface area contributed by atoms with Gasteiger partial charge in [0, 0.05) is 25.7 Å². The van der Waals surface area contributed by atoms with Gasteiger partial charge in [0.1, 0.15) is 19.3 Å². The average Bonchev–Trinajstić information content (AvgIpc) is 0.915. The molecule has 102 heavy (non-hydrogen) atoms. The summed E-state index contributed by atoms with van der Waals surface area (Å²) in [6, 6.07) is 0. The zero-order valence-electron chi connectivity index (χ0n) is 66.8. The third-order valence-corrected chi connectivity index (χ3v) is 21.8. The fourth-order valence-corrected chi connectivity index (χ4v) is 14.5. The molecular formula is C83H162O17P2. The zero-order valence-corrected chi connectivity index (χ0v) is 68.5. The van der Waals surface area contributed by atoms with Crippen LogP contribution in [0.4, 0.5) is 0 Å². The Morgan fingerprint density at radius 3 is 0.696 bits per heavy atom. The quantitative estimate of drug-likeness (QED) is 0.0222. The standard InChI is InChI=1S/C83H162O17P2/c1-6-10-13-16-18-20-22-24-26-28-29-30-31-32-34-36-42-46-50-54-59-64-69-83(88)100-79(73-94-81(86)67-62-57-52-48-44-40-38-37-39-43-47-51-56-60-65-76(5)9-4)75-98-102(91,92)96-71-77(84)70-95-101(89,90)97-74-78(72-93-80(85)66-61-55-15-12-8-3)99-82(87)68-63-58-53-49-45-41-35-33-27-25-23-21-19-17-14-11-7-2/h76-79,84H,6-75H2,1-5H3,(H,89,90)(H,91,92)/t76?,77-,78+,79+/m0/s1. The highest BCUT2D eigenvalue weighted by molar-refractivity contribution is 7.47. The van der Waals surface area contributed by atoms with E-state index >= 15 is 0 Å². The first kappa shape index (κ1) is 100. The van der Waals surface area contributed by atoms with Crippen LogP contribution in [-0.4, -0.2) is 96.7 Å². The SMILES string of the molecule is CCCCCCCCCCCCCCCCCCCCCCCCC(=O)O[C@H](COC(=O)CCCCCCCCCCCCCCCCC(C)CC)COP(=O)(O)OC[C@@H](O)COP(=O)(O)OC[C@@H](COC(=O)CCCCCCC)OC(=O)CCCCCCCCCCCCCCCCCCC. The second-order valence-corrected chi connectivity index (χ2v) is 33.0. The predicted octanol–water partition coefficient (Wildman–Crippen LogP) is 25.2. The molecule has 0 aromatic carbocycles. The number of hydrogen-bond acceptors (Lipinski definition) is 15. The summed E-state index contributed by atoms with van der Waals surface area (Å²) < 4.78 is 68.5. The summed E-state index contributed by atoms with van der Waals surface area (Å²) >= 11 is 0. The van der Waals surface area contributed by atoms with Gasteiger partial charge in [0.2, 0.25) is 0 Å².